The van der Waals surface area contributed by atoms with E-state index in [4.69, 9.17) is 5.11 Å². The van der Waals surface area contributed by atoms with E-state index in [1.54, 1.807) is 4.68 Å². The van der Waals surface area contributed by atoms with Crippen molar-refractivity contribution in [3.8, 4) is 0 Å². The molecule has 2 N–H and O–H groups in total. The standard InChI is InChI=1S/C13H22N4O/c18-4-3-17-9-13(15-16-17)8-14-7-12-6-10-1-2-11(12)5-10/h9-12,14,18H,1-8H2. The van der Waals surface area contributed by atoms with Gasteiger partial charge in [0.2, 0.25) is 0 Å². The molecule has 3 atom stereocenters. The van der Waals surface area contributed by atoms with Gasteiger partial charge in [0.15, 0.2) is 0 Å². The summed E-state index contributed by atoms with van der Waals surface area (Å²) in [5.74, 6) is 2.89. The van der Waals surface area contributed by atoms with Crippen LogP contribution >= 0.6 is 0 Å². The molecule has 2 aliphatic rings. The van der Waals surface area contributed by atoms with E-state index in [2.05, 4.69) is 15.6 Å². The van der Waals surface area contributed by atoms with Crippen molar-refractivity contribution in [1.29, 1.82) is 0 Å². The molecule has 0 spiro atoms. The van der Waals surface area contributed by atoms with Crippen LogP contribution in [0.2, 0.25) is 0 Å². The molecule has 5 heteroatoms. The minimum absolute atomic E-state index is 0.112. The fraction of sp³-hybridized carbons (Fsp3) is 0.846. The first-order valence-electron chi connectivity index (χ1n) is 7.05. The Hall–Kier alpha value is -0.940. The highest BCUT2D eigenvalue weighted by atomic mass is 16.3. The maximum Gasteiger partial charge on any atom is 0.0964 e. The van der Waals surface area contributed by atoms with Crippen molar-refractivity contribution < 1.29 is 5.11 Å². The summed E-state index contributed by atoms with van der Waals surface area (Å²) in [5, 5.41) is 20.4. The summed E-state index contributed by atoms with van der Waals surface area (Å²) < 4.78 is 1.69. The number of hydrogen-bond donors (Lipinski definition) is 2. The number of fused-ring (bicyclic) bond motifs is 2. The van der Waals surface area contributed by atoms with Crippen LogP contribution in [0, 0.1) is 17.8 Å². The number of hydrogen-bond acceptors (Lipinski definition) is 4. The minimum Gasteiger partial charge on any atom is -0.394 e. The molecule has 2 fully saturated rings. The van der Waals surface area contributed by atoms with Gasteiger partial charge in [-0.25, -0.2) is 4.68 Å². The van der Waals surface area contributed by atoms with Crippen LogP contribution in [0.3, 0.4) is 0 Å². The minimum atomic E-state index is 0.112. The lowest BCUT2D eigenvalue weighted by Crippen LogP contribution is -2.26. The Morgan fingerprint density at radius 1 is 1.39 bits per heavy atom. The van der Waals surface area contributed by atoms with E-state index in [-0.39, 0.29) is 6.61 Å². The van der Waals surface area contributed by atoms with Crippen molar-refractivity contribution in [2.45, 2.75) is 38.8 Å². The average molecular weight is 250 g/mol. The first-order valence-corrected chi connectivity index (χ1v) is 7.05. The summed E-state index contributed by atoms with van der Waals surface area (Å²) >= 11 is 0. The molecule has 0 aliphatic heterocycles. The molecule has 0 saturated heterocycles. The molecule has 3 rings (SSSR count). The number of aliphatic hydroxyl groups excluding tert-OH is 1. The van der Waals surface area contributed by atoms with Gasteiger partial charge in [-0.2, -0.15) is 0 Å². The van der Waals surface area contributed by atoms with Gasteiger partial charge >= 0.3 is 0 Å². The molecule has 3 unspecified atom stereocenters. The lowest BCUT2D eigenvalue weighted by molar-refractivity contribution is 0.268. The predicted octanol–water partition coefficient (Wildman–Crippen LogP) is 0.796. The Morgan fingerprint density at radius 2 is 2.33 bits per heavy atom. The first-order chi connectivity index (χ1) is 8.85. The van der Waals surface area contributed by atoms with Crippen molar-refractivity contribution in [2.24, 2.45) is 17.8 Å². The van der Waals surface area contributed by atoms with Crippen LogP contribution in [-0.2, 0) is 13.1 Å². The third-order valence-corrected chi connectivity index (χ3v) is 4.51. The van der Waals surface area contributed by atoms with Gasteiger partial charge in [0, 0.05) is 12.7 Å². The Bertz CT molecular complexity index is 392. The van der Waals surface area contributed by atoms with Crippen molar-refractivity contribution in [1.82, 2.24) is 20.3 Å². The fourth-order valence-electron chi connectivity index (χ4n) is 3.64. The van der Waals surface area contributed by atoms with Gasteiger partial charge in [-0.15, -0.1) is 5.10 Å². The van der Waals surface area contributed by atoms with E-state index < -0.39 is 0 Å². The summed E-state index contributed by atoms with van der Waals surface area (Å²) in [6, 6.07) is 0. The summed E-state index contributed by atoms with van der Waals surface area (Å²) in [6.45, 7) is 2.55. The van der Waals surface area contributed by atoms with Crippen molar-refractivity contribution in [3.63, 3.8) is 0 Å². The largest absolute Gasteiger partial charge is 0.394 e. The highest BCUT2D eigenvalue weighted by Crippen LogP contribution is 2.47. The fourth-order valence-corrected chi connectivity index (χ4v) is 3.64. The highest BCUT2D eigenvalue weighted by Gasteiger charge is 2.38. The summed E-state index contributed by atoms with van der Waals surface area (Å²) in [7, 11) is 0. The Kier molecular flexibility index (Phi) is 3.61. The molecule has 1 heterocycles. The molecular formula is C13H22N4O. The van der Waals surface area contributed by atoms with Crippen LogP contribution in [0.4, 0.5) is 0 Å². The van der Waals surface area contributed by atoms with Gasteiger partial charge in [-0.05, 0) is 43.6 Å². The molecule has 1 aromatic heterocycles. The monoisotopic (exact) mass is 250 g/mol. The maximum atomic E-state index is 8.80. The molecule has 0 aromatic carbocycles. The SMILES string of the molecule is OCCn1cc(CNCC2CC3CCC2C3)nn1. The smallest absolute Gasteiger partial charge is 0.0964 e. The average Bonchev–Trinajstić information content (AvgIpc) is 3.06. The normalized spacial score (nSPS) is 30.2. The molecule has 18 heavy (non-hydrogen) atoms. The number of aliphatic hydroxyl groups is 1. The van der Waals surface area contributed by atoms with Crippen LogP contribution < -0.4 is 5.32 Å². The number of nitrogens with one attached hydrogen (secondary N) is 1. The quantitative estimate of drug-likeness (QED) is 0.784. The number of nitrogens with zero attached hydrogens (tertiary/aromatic N) is 3. The molecule has 2 bridgehead atoms. The van der Waals surface area contributed by atoms with E-state index in [9.17, 15) is 0 Å². The second-order valence-electron chi connectivity index (χ2n) is 5.76. The molecule has 5 nitrogen and oxygen atoms in total. The van der Waals surface area contributed by atoms with Gasteiger partial charge < -0.3 is 10.4 Å². The second kappa shape index (κ2) is 5.36. The molecule has 1 aromatic rings. The van der Waals surface area contributed by atoms with Crippen LogP contribution in [-0.4, -0.2) is 33.3 Å². The molecule has 100 valence electrons. The van der Waals surface area contributed by atoms with Crippen LogP contribution in [0.15, 0.2) is 6.20 Å². The van der Waals surface area contributed by atoms with Crippen LogP contribution in [0.1, 0.15) is 31.4 Å². The third-order valence-electron chi connectivity index (χ3n) is 4.51. The van der Waals surface area contributed by atoms with Crippen LogP contribution in [0.25, 0.3) is 0 Å². The van der Waals surface area contributed by atoms with Crippen molar-refractivity contribution in [3.05, 3.63) is 11.9 Å². The third kappa shape index (κ3) is 2.57. The van der Waals surface area contributed by atoms with Crippen molar-refractivity contribution >= 4 is 0 Å². The van der Waals surface area contributed by atoms with Gasteiger partial charge in [0.25, 0.3) is 0 Å². The molecule has 2 saturated carbocycles. The topological polar surface area (TPSA) is 63.0 Å². The second-order valence-corrected chi connectivity index (χ2v) is 5.76. The van der Waals surface area contributed by atoms with E-state index in [0.29, 0.717) is 6.54 Å². The molecular weight excluding hydrogens is 228 g/mol. The van der Waals surface area contributed by atoms with Gasteiger partial charge in [-0.1, -0.05) is 11.6 Å². The van der Waals surface area contributed by atoms with E-state index in [0.717, 1.165) is 36.5 Å². The zero-order valence-electron chi connectivity index (χ0n) is 10.8. The Labute approximate surface area is 108 Å². The highest BCUT2D eigenvalue weighted by molar-refractivity contribution is 4.94. The van der Waals surface area contributed by atoms with Crippen LogP contribution in [0.5, 0.6) is 0 Å². The van der Waals surface area contributed by atoms with E-state index in [1.807, 2.05) is 6.20 Å². The van der Waals surface area contributed by atoms with Gasteiger partial charge in [-0.3, -0.25) is 0 Å². The molecule has 2 aliphatic carbocycles. The van der Waals surface area contributed by atoms with Gasteiger partial charge in [0.1, 0.15) is 0 Å². The number of aromatic nitrogens is 3. The predicted molar refractivity (Wildman–Crippen MR) is 67.8 cm³/mol. The maximum absolute atomic E-state index is 8.80. The van der Waals surface area contributed by atoms with E-state index >= 15 is 0 Å². The Morgan fingerprint density at radius 3 is 3.06 bits per heavy atom. The summed E-state index contributed by atoms with van der Waals surface area (Å²) in [4.78, 5) is 0. The Balaban J connectivity index is 1.41. The number of rotatable bonds is 6. The summed E-state index contributed by atoms with van der Waals surface area (Å²) in [6.07, 6.45) is 7.72. The zero-order valence-corrected chi connectivity index (χ0v) is 10.8. The molecule has 0 amide bonds. The van der Waals surface area contributed by atoms with Gasteiger partial charge in [0.05, 0.1) is 18.8 Å². The zero-order chi connectivity index (χ0) is 12.4. The lowest BCUT2D eigenvalue weighted by Gasteiger charge is -2.21. The van der Waals surface area contributed by atoms with Crippen molar-refractivity contribution in [2.75, 3.05) is 13.2 Å². The lowest BCUT2D eigenvalue weighted by atomic mass is 9.89. The van der Waals surface area contributed by atoms with E-state index in [1.165, 1.54) is 25.7 Å². The first kappa shape index (κ1) is 12.1. The summed E-state index contributed by atoms with van der Waals surface area (Å²) in [5.41, 5.74) is 0.964. The molecule has 0 radical (unpaired) electrons.